The van der Waals surface area contributed by atoms with Crippen LogP contribution in [0.25, 0.3) is 0 Å². The molecule has 1 aromatic rings. The van der Waals surface area contributed by atoms with Gasteiger partial charge in [0, 0.05) is 12.6 Å². The largest absolute Gasteiger partial charge is 0.339 e. The fraction of sp³-hybridized carbons (Fsp3) is 0.500. The number of rotatable bonds is 4. The number of hydrogen-bond acceptors (Lipinski definition) is 2. The third kappa shape index (κ3) is 4.21. The van der Waals surface area contributed by atoms with Gasteiger partial charge >= 0.3 is 0 Å². The predicted molar refractivity (Wildman–Crippen MR) is 84.3 cm³/mol. The molecule has 0 bridgehead atoms. The lowest BCUT2D eigenvalue weighted by atomic mass is 9.99. The monoisotopic (exact) mass is 308 g/mol. The van der Waals surface area contributed by atoms with Gasteiger partial charge in [0.05, 0.1) is 10.7 Å². The normalized spacial score (nSPS) is 18.4. The van der Waals surface area contributed by atoms with Crippen molar-refractivity contribution >= 4 is 29.1 Å². The van der Waals surface area contributed by atoms with E-state index in [9.17, 15) is 9.59 Å². The quantitative estimate of drug-likeness (QED) is 0.866. The highest BCUT2D eigenvalue weighted by atomic mass is 35.5. The number of hydrogen-bond donors (Lipinski definition) is 1. The summed E-state index contributed by atoms with van der Waals surface area (Å²) in [4.78, 5) is 26.1. The van der Waals surface area contributed by atoms with Crippen LogP contribution < -0.4 is 5.32 Å². The first-order chi connectivity index (χ1) is 10.1. The number of para-hydroxylation sites is 1. The van der Waals surface area contributed by atoms with Crippen molar-refractivity contribution in [3.63, 3.8) is 0 Å². The molecule has 0 saturated carbocycles. The van der Waals surface area contributed by atoms with Crippen molar-refractivity contribution in [1.29, 1.82) is 0 Å². The van der Waals surface area contributed by atoms with E-state index < -0.39 is 0 Å². The summed E-state index contributed by atoms with van der Waals surface area (Å²) in [6.45, 7) is 2.84. The van der Waals surface area contributed by atoms with E-state index in [1.165, 1.54) is 0 Å². The SMILES string of the molecule is CCC1CCCCN1C(=O)CC(=O)Nc1ccccc1Cl. The Morgan fingerprint density at radius 2 is 2.10 bits per heavy atom. The van der Waals surface area contributed by atoms with Crippen molar-refractivity contribution in [3.8, 4) is 0 Å². The van der Waals surface area contributed by atoms with E-state index in [0.717, 1.165) is 32.2 Å². The number of benzene rings is 1. The second-order valence-electron chi connectivity index (χ2n) is 5.35. The number of amides is 2. The van der Waals surface area contributed by atoms with Gasteiger partial charge in [-0.2, -0.15) is 0 Å². The average Bonchev–Trinajstić information content (AvgIpc) is 2.49. The summed E-state index contributed by atoms with van der Waals surface area (Å²) in [5.74, 6) is -0.403. The summed E-state index contributed by atoms with van der Waals surface area (Å²) < 4.78 is 0. The lowest BCUT2D eigenvalue weighted by molar-refractivity contribution is -0.137. The van der Waals surface area contributed by atoms with E-state index in [1.807, 2.05) is 4.90 Å². The molecule has 114 valence electrons. The van der Waals surface area contributed by atoms with E-state index in [2.05, 4.69) is 12.2 Å². The molecule has 5 heteroatoms. The van der Waals surface area contributed by atoms with Crippen molar-refractivity contribution in [2.45, 2.75) is 45.1 Å². The Balaban J connectivity index is 1.93. The number of likely N-dealkylation sites (tertiary alicyclic amines) is 1. The van der Waals surface area contributed by atoms with Gasteiger partial charge in [-0.15, -0.1) is 0 Å². The maximum Gasteiger partial charge on any atom is 0.233 e. The highest BCUT2D eigenvalue weighted by molar-refractivity contribution is 6.33. The minimum Gasteiger partial charge on any atom is -0.339 e. The van der Waals surface area contributed by atoms with E-state index in [0.29, 0.717) is 10.7 Å². The van der Waals surface area contributed by atoms with Crippen LogP contribution in [0.3, 0.4) is 0 Å². The van der Waals surface area contributed by atoms with E-state index >= 15 is 0 Å². The molecule has 1 N–H and O–H groups in total. The molecule has 4 nitrogen and oxygen atoms in total. The highest BCUT2D eigenvalue weighted by Crippen LogP contribution is 2.22. The molecule has 1 unspecified atom stereocenters. The minimum absolute atomic E-state index is 0.0916. The lowest BCUT2D eigenvalue weighted by Crippen LogP contribution is -2.44. The van der Waals surface area contributed by atoms with Crippen LogP contribution in [0.5, 0.6) is 0 Å². The first kappa shape index (κ1) is 15.8. The highest BCUT2D eigenvalue weighted by Gasteiger charge is 2.26. The van der Waals surface area contributed by atoms with Crippen molar-refractivity contribution in [2.24, 2.45) is 0 Å². The summed E-state index contributed by atoms with van der Waals surface area (Å²) in [5.41, 5.74) is 0.544. The van der Waals surface area contributed by atoms with Gasteiger partial charge in [-0.1, -0.05) is 30.7 Å². The van der Waals surface area contributed by atoms with Gasteiger partial charge in [-0.3, -0.25) is 9.59 Å². The van der Waals surface area contributed by atoms with Crippen LogP contribution in [0.15, 0.2) is 24.3 Å². The van der Waals surface area contributed by atoms with Gasteiger partial charge in [-0.25, -0.2) is 0 Å². The van der Waals surface area contributed by atoms with Gasteiger partial charge in [0.1, 0.15) is 6.42 Å². The first-order valence-corrected chi connectivity index (χ1v) is 7.83. The Labute approximate surface area is 130 Å². The maximum atomic E-state index is 12.3. The minimum atomic E-state index is -0.312. The summed E-state index contributed by atoms with van der Waals surface area (Å²) >= 11 is 5.99. The molecule has 1 aliphatic rings. The molecule has 1 aromatic carbocycles. The summed E-state index contributed by atoms with van der Waals surface area (Å²) in [5, 5.41) is 3.17. The van der Waals surface area contributed by atoms with Crippen LogP contribution in [0.2, 0.25) is 5.02 Å². The van der Waals surface area contributed by atoms with Crippen LogP contribution in [0, 0.1) is 0 Å². The Morgan fingerprint density at radius 3 is 2.81 bits per heavy atom. The topological polar surface area (TPSA) is 49.4 Å². The lowest BCUT2D eigenvalue weighted by Gasteiger charge is -2.35. The molecule has 2 amide bonds. The van der Waals surface area contributed by atoms with Gasteiger partial charge in [-0.05, 0) is 37.8 Å². The van der Waals surface area contributed by atoms with E-state index in [-0.39, 0.29) is 24.3 Å². The molecule has 0 aromatic heterocycles. The van der Waals surface area contributed by atoms with Crippen LogP contribution >= 0.6 is 11.6 Å². The Hall–Kier alpha value is -1.55. The fourth-order valence-corrected chi connectivity index (χ4v) is 2.93. The number of carbonyl (C=O) groups excluding carboxylic acids is 2. The molecule has 21 heavy (non-hydrogen) atoms. The molecule has 2 rings (SSSR count). The molecule has 0 spiro atoms. The van der Waals surface area contributed by atoms with Crippen LogP contribution in [0.4, 0.5) is 5.69 Å². The predicted octanol–water partition coefficient (Wildman–Crippen LogP) is 3.46. The second-order valence-corrected chi connectivity index (χ2v) is 5.76. The Morgan fingerprint density at radius 1 is 1.33 bits per heavy atom. The molecule has 1 aliphatic heterocycles. The third-order valence-electron chi connectivity index (χ3n) is 3.88. The van der Waals surface area contributed by atoms with Gasteiger partial charge < -0.3 is 10.2 Å². The summed E-state index contributed by atoms with van der Waals surface area (Å²) in [7, 11) is 0. The molecule has 0 radical (unpaired) electrons. The number of halogens is 1. The fourth-order valence-electron chi connectivity index (χ4n) is 2.75. The van der Waals surface area contributed by atoms with Crippen molar-refractivity contribution in [1.82, 2.24) is 4.90 Å². The Kier molecular flexibility index (Phi) is 5.62. The summed E-state index contributed by atoms with van der Waals surface area (Å²) in [6, 6.07) is 7.29. The van der Waals surface area contributed by atoms with Crippen molar-refractivity contribution in [2.75, 3.05) is 11.9 Å². The van der Waals surface area contributed by atoms with Gasteiger partial charge in [0.15, 0.2) is 0 Å². The van der Waals surface area contributed by atoms with Crippen molar-refractivity contribution < 1.29 is 9.59 Å². The maximum absolute atomic E-state index is 12.3. The van der Waals surface area contributed by atoms with Crippen molar-refractivity contribution in [3.05, 3.63) is 29.3 Å². The van der Waals surface area contributed by atoms with E-state index in [4.69, 9.17) is 11.6 Å². The third-order valence-corrected chi connectivity index (χ3v) is 4.21. The number of anilines is 1. The molecule has 1 saturated heterocycles. The second kappa shape index (κ2) is 7.46. The zero-order chi connectivity index (χ0) is 15.2. The average molecular weight is 309 g/mol. The molecular formula is C16H21ClN2O2. The standard InChI is InChI=1S/C16H21ClN2O2/c1-2-12-7-5-6-10-19(12)16(21)11-15(20)18-14-9-4-3-8-13(14)17/h3-4,8-9,12H,2,5-7,10-11H2,1H3,(H,18,20). The zero-order valence-electron chi connectivity index (χ0n) is 12.3. The van der Waals surface area contributed by atoms with Crippen LogP contribution in [-0.4, -0.2) is 29.3 Å². The number of carbonyl (C=O) groups is 2. The number of nitrogens with one attached hydrogen (secondary N) is 1. The number of nitrogens with zero attached hydrogens (tertiary/aromatic N) is 1. The molecular weight excluding hydrogens is 288 g/mol. The van der Waals surface area contributed by atoms with Gasteiger partial charge in [0.25, 0.3) is 0 Å². The smallest absolute Gasteiger partial charge is 0.233 e. The molecule has 1 fully saturated rings. The first-order valence-electron chi connectivity index (χ1n) is 7.45. The zero-order valence-corrected chi connectivity index (χ0v) is 13.0. The van der Waals surface area contributed by atoms with E-state index in [1.54, 1.807) is 24.3 Å². The summed E-state index contributed by atoms with van der Waals surface area (Å²) in [6.07, 6.45) is 4.04. The Bertz CT molecular complexity index is 519. The number of piperidine rings is 1. The molecule has 0 aliphatic carbocycles. The van der Waals surface area contributed by atoms with Crippen LogP contribution in [0.1, 0.15) is 39.0 Å². The molecule has 1 heterocycles. The molecule has 1 atom stereocenters. The van der Waals surface area contributed by atoms with Crippen LogP contribution in [-0.2, 0) is 9.59 Å². The van der Waals surface area contributed by atoms with Gasteiger partial charge in [0.2, 0.25) is 11.8 Å².